The summed E-state index contributed by atoms with van der Waals surface area (Å²) in [7, 11) is 1.95. The Morgan fingerprint density at radius 3 is 2.63 bits per heavy atom. The van der Waals surface area contributed by atoms with Gasteiger partial charge in [-0.05, 0) is 31.9 Å². The maximum Gasteiger partial charge on any atom is 0.0863 e. The molecule has 0 aromatic carbocycles. The van der Waals surface area contributed by atoms with Gasteiger partial charge in [0.05, 0.1) is 16.4 Å². The molecule has 2 aromatic rings. The van der Waals surface area contributed by atoms with Crippen LogP contribution in [0.1, 0.15) is 33.6 Å². The Morgan fingerprint density at radius 1 is 1.37 bits per heavy atom. The highest BCUT2D eigenvalue weighted by atomic mass is 35.5. The average molecular weight is 298 g/mol. The van der Waals surface area contributed by atoms with Gasteiger partial charge in [-0.1, -0.05) is 18.5 Å². The number of aromatic nitrogens is 2. The molecule has 0 spiro atoms. The fraction of sp³-hybridized carbons (Fsp3) is 0.500. The zero-order valence-electron chi connectivity index (χ0n) is 11.9. The van der Waals surface area contributed by atoms with Crippen LogP contribution in [0.3, 0.4) is 0 Å². The summed E-state index contributed by atoms with van der Waals surface area (Å²) in [4.78, 5) is 2.76. The van der Waals surface area contributed by atoms with E-state index in [4.69, 9.17) is 11.6 Å². The van der Waals surface area contributed by atoms with E-state index in [0.717, 1.165) is 35.9 Å². The molecule has 2 aromatic heterocycles. The first-order valence-corrected chi connectivity index (χ1v) is 7.69. The molecule has 2 heterocycles. The van der Waals surface area contributed by atoms with Gasteiger partial charge in [-0.3, -0.25) is 4.68 Å². The number of hydrogen-bond donors (Lipinski definition) is 1. The van der Waals surface area contributed by atoms with E-state index in [2.05, 4.69) is 37.3 Å². The summed E-state index contributed by atoms with van der Waals surface area (Å²) in [6.45, 7) is 8.01. The molecular formula is C14H20ClN3S. The summed E-state index contributed by atoms with van der Waals surface area (Å²) >= 11 is 8.17. The molecule has 3 nitrogen and oxygen atoms in total. The lowest BCUT2D eigenvalue weighted by Crippen LogP contribution is -2.14. The van der Waals surface area contributed by atoms with Crippen molar-refractivity contribution in [3.05, 3.63) is 37.8 Å². The molecule has 19 heavy (non-hydrogen) atoms. The van der Waals surface area contributed by atoms with E-state index < -0.39 is 0 Å². The minimum atomic E-state index is 0.748. The molecular weight excluding hydrogens is 278 g/mol. The first-order valence-electron chi connectivity index (χ1n) is 6.49. The second kappa shape index (κ2) is 6.07. The van der Waals surface area contributed by atoms with E-state index in [1.165, 1.54) is 15.3 Å². The third-order valence-corrected chi connectivity index (χ3v) is 4.90. The summed E-state index contributed by atoms with van der Waals surface area (Å²) in [5.41, 5.74) is 3.40. The lowest BCUT2D eigenvalue weighted by molar-refractivity contribution is 0.627. The summed E-state index contributed by atoms with van der Waals surface area (Å²) in [6.07, 6.45) is 0.871. The first-order chi connectivity index (χ1) is 9.02. The summed E-state index contributed by atoms with van der Waals surface area (Å²) in [5.74, 6) is 0. The predicted molar refractivity (Wildman–Crippen MR) is 81.9 cm³/mol. The number of nitrogens with zero attached hydrogens (tertiary/aromatic N) is 2. The molecule has 0 amide bonds. The number of halogens is 1. The summed E-state index contributed by atoms with van der Waals surface area (Å²) in [5, 5.41) is 8.66. The maximum atomic E-state index is 6.32. The molecule has 5 heteroatoms. The van der Waals surface area contributed by atoms with Gasteiger partial charge in [0.2, 0.25) is 0 Å². The van der Waals surface area contributed by atoms with Crippen molar-refractivity contribution < 1.29 is 0 Å². The Morgan fingerprint density at radius 2 is 2.11 bits per heavy atom. The van der Waals surface area contributed by atoms with E-state index in [1.54, 1.807) is 0 Å². The standard InChI is InChI=1S/C14H20ClN3S/c1-5-12-14(15)13(18(4)17-12)8-16-7-11-6-9(2)10(3)19-11/h6,16H,5,7-8H2,1-4H3. The van der Waals surface area contributed by atoms with Crippen LogP contribution in [-0.4, -0.2) is 9.78 Å². The van der Waals surface area contributed by atoms with Crippen LogP contribution >= 0.6 is 22.9 Å². The van der Waals surface area contributed by atoms with Crippen LogP contribution in [0.15, 0.2) is 6.07 Å². The summed E-state index contributed by atoms with van der Waals surface area (Å²) in [6, 6.07) is 2.25. The van der Waals surface area contributed by atoms with Crippen molar-refractivity contribution in [3.8, 4) is 0 Å². The van der Waals surface area contributed by atoms with E-state index in [9.17, 15) is 0 Å². The van der Waals surface area contributed by atoms with Gasteiger partial charge in [-0.2, -0.15) is 5.10 Å². The van der Waals surface area contributed by atoms with Gasteiger partial charge in [0.25, 0.3) is 0 Å². The van der Waals surface area contributed by atoms with Gasteiger partial charge in [0.15, 0.2) is 0 Å². The SMILES string of the molecule is CCc1nn(C)c(CNCc2cc(C)c(C)s2)c1Cl. The molecule has 0 atom stereocenters. The number of thiophene rings is 1. The number of hydrogen-bond acceptors (Lipinski definition) is 3. The molecule has 0 saturated heterocycles. The van der Waals surface area contributed by atoms with Crippen molar-refractivity contribution in [3.63, 3.8) is 0 Å². The van der Waals surface area contributed by atoms with Crippen LogP contribution in [0.2, 0.25) is 5.02 Å². The van der Waals surface area contributed by atoms with E-state index in [1.807, 2.05) is 23.1 Å². The minimum absolute atomic E-state index is 0.748. The molecule has 0 aliphatic carbocycles. The fourth-order valence-electron chi connectivity index (χ4n) is 2.05. The number of nitrogens with one attached hydrogen (secondary N) is 1. The largest absolute Gasteiger partial charge is 0.306 e. The van der Waals surface area contributed by atoms with Crippen LogP contribution in [0.5, 0.6) is 0 Å². The average Bonchev–Trinajstić information content (AvgIpc) is 2.83. The summed E-state index contributed by atoms with van der Waals surface area (Å²) < 4.78 is 1.87. The topological polar surface area (TPSA) is 29.9 Å². The molecule has 0 aliphatic rings. The van der Waals surface area contributed by atoms with Crippen molar-refractivity contribution in [2.45, 2.75) is 40.3 Å². The molecule has 0 radical (unpaired) electrons. The highest BCUT2D eigenvalue weighted by molar-refractivity contribution is 7.12. The monoisotopic (exact) mass is 297 g/mol. The van der Waals surface area contributed by atoms with Crippen LogP contribution in [0.4, 0.5) is 0 Å². The molecule has 0 saturated carbocycles. The minimum Gasteiger partial charge on any atom is -0.306 e. The second-order valence-corrected chi connectivity index (χ2v) is 6.46. The van der Waals surface area contributed by atoms with Crippen molar-refractivity contribution >= 4 is 22.9 Å². The zero-order chi connectivity index (χ0) is 14.0. The van der Waals surface area contributed by atoms with Gasteiger partial charge in [-0.25, -0.2) is 0 Å². The third kappa shape index (κ3) is 3.19. The van der Waals surface area contributed by atoms with E-state index in [0.29, 0.717) is 0 Å². The predicted octanol–water partition coefficient (Wildman–Crippen LogP) is 3.60. The molecule has 0 bridgehead atoms. The molecule has 104 valence electrons. The van der Waals surface area contributed by atoms with Crippen molar-refractivity contribution in [1.82, 2.24) is 15.1 Å². The highest BCUT2D eigenvalue weighted by Crippen LogP contribution is 2.22. The smallest absolute Gasteiger partial charge is 0.0863 e. The Kier molecular flexibility index (Phi) is 4.66. The first kappa shape index (κ1) is 14.6. The third-order valence-electron chi connectivity index (χ3n) is 3.31. The van der Waals surface area contributed by atoms with Gasteiger partial charge >= 0.3 is 0 Å². The highest BCUT2D eigenvalue weighted by Gasteiger charge is 2.12. The van der Waals surface area contributed by atoms with Crippen LogP contribution in [0, 0.1) is 13.8 Å². The lowest BCUT2D eigenvalue weighted by atomic mass is 10.3. The van der Waals surface area contributed by atoms with Gasteiger partial charge in [0, 0.05) is 29.9 Å². The molecule has 2 rings (SSSR count). The fourth-order valence-corrected chi connectivity index (χ4v) is 3.44. The molecule has 0 unspecified atom stereocenters. The lowest BCUT2D eigenvalue weighted by Gasteiger charge is -2.04. The number of aryl methyl sites for hydroxylation is 4. The second-order valence-electron chi connectivity index (χ2n) is 4.74. The Labute approximate surface area is 123 Å². The maximum absolute atomic E-state index is 6.32. The van der Waals surface area contributed by atoms with Crippen molar-refractivity contribution in [2.24, 2.45) is 7.05 Å². The molecule has 0 fully saturated rings. The van der Waals surface area contributed by atoms with Crippen molar-refractivity contribution in [2.75, 3.05) is 0 Å². The molecule has 1 N–H and O–H groups in total. The van der Waals surface area contributed by atoms with E-state index >= 15 is 0 Å². The molecule has 0 aliphatic heterocycles. The Bertz CT molecular complexity index is 552. The Hall–Kier alpha value is -0.840. The quantitative estimate of drug-likeness (QED) is 0.914. The number of rotatable bonds is 5. The van der Waals surface area contributed by atoms with Gasteiger partial charge < -0.3 is 5.32 Å². The van der Waals surface area contributed by atoms with Gasteiger partial charge in [-0.15, -0.1) is 11.3 Å². The zero-order valence-corrected chi connectivity index (χ0v) is 13.5. The van der Waals surface area contributed by atoms with Crippen LogP contribution in [-0.2, 0) is 26.6 Å². The van der Waals surface area contributed by atoms with Crippen molar-refractivity contribution in [1.29, 1.82) is 0 Å². The normalized spacial score (nSPS) is 11.2. The van der Waals surface area contributed by atoms with Crippen LogP contribution in [0.25, 0.3) is 0 Å². The Balaban J connectivity index is 1.97. The van der Waals surface area contributed by atoms with E-state index in [-0.39, 0.29) is 0 Å². The van der Waals surface area contributed by atoms with Gasteiger partial charge in [0.1, 0.15) is 0 Å². The van der Waals surface area contributed by atoms with Crippen LogP contribution < -0.4 is 5.32 Å².